The summed E-state index contributed by atoms with van der Waals surface area (Å²) in [5, 5.41) is 3.01. The van der Waals surface area contributed by atoms with Crippen molar-refractivity contribution in [1.29, 1.82) is 0 Å². The smallest absolute Gasteiger partial charge is 0.272 e. The molecule has 2 aromatic carbocycles. The standard InChI is InChI=1S/C25H31N3O5S/c1-24(2,3)18-8-6-17(7-9-18)22-23(29)27-25(26-22)12-14-28(15-13-25)34(30,31)21-16-19(32-4)10-11-20(21)33-5/h6-11,16H,12-15H2,1-5H3,(H,27,29). The van der Waals surface area contributed by atoms with E-state index in [1.165, 1.54) is 30.2 Å². The van der Waals surface area contributed by atoms with Gasteiger partial charge in [-0.25, -0.2) is 8.42 Å². The molecule has 1 amide bonds. The Kier molecular flexibility index (Phi) is 6.20. The van der Waals surface area contributed by atoms with Crippen LogP contribution in [-0.4, -0.2) is 57.3 Å². The summed E-state index contributed by atoms with van der Waals surface area (Å²) in [6, 6.07) is 12.6. The van der Waals surface area contributed by atoms with Gasteiger partial charge in [0, 0.05) is 37.6 Å². The lowest BCUT2D eigenvalue weighted by atomic mass is 9.86. The van der Waals surface area contributed by atoms with E-state index in [2.05, 4.69) is 26.1 Å². The first-order chi connectivity index (χ1) is 16.0. The molecule has 0 aromatic heterocycles. The number of piperidine rings is 1. The number of rotatable bonds is 5. The summed E-state index contributed by atoms with van der Waals surface area (Å²) in [6.07, 6.45) is 0.766. The SMILES string of the molecule is COc1ccc(OC)c(S(=O)(=O)N2CCC3(CC2)N=C(c2ccc(C(C)(C)C)cc2)C(=O)N3)c1. The predicted octanol–water partition coefficient (Wildman–Crippen LogP) is 3.10. The number of aliphatic imine (C=N–C) groups is 1. The van der Waals surface area contributed by atoms with Crippen LogP contribution in [0.25, 0.3) is 0 Å². The fourth-order valence-electron chi connectivity index (χ4n) is 4.34. The maximum atomic E-state index is 13.4. The molecule has 2 aliphatic rings. The third kappa shape index (κ3) is 4.42. The molecule has 0 unspecified atom stereocenters. The van der Waals surface area contributed by atoms with E-state index in [-0.39, 0.29) is 35.1 Å². The maximum absolute atomic E-state index is 13.4. The minimum Gasteiger partial charge on any atom is -0.497 e. The second kappa shape index (κ2) is 8.70. The van der Waals surface area contributed by atoms with Crippen LogP contribution in [-0.2, 0) is 20.2 Å². The highest BCUT2D eigenvalue weighted by molar-refractivity contribution is 7.89. The van der Waals surface area contributed by atoms with Crippen LogP contribution in [0.2, 0.25) is 0 Å². The molecule has 182 valence electrons. The minimum absolute atomic E-state index is 0.0171. The number of nitrogens with zero attached hydrogens (tertiary/aromatic N) is 2. The van der Waals surface area contributed by atoms with Gasteiger partial charge < -0.3 is 14.8 Å². The van der Waals surface area contributed by atoms with Gasteiger partial charge in [-0.3, -0.25) is 9.79 Å². The Labute approximate surface area is 201 Å². The number of hydrogen-bond donors (Lipinski definition) is 1. The second-order valence-electron chi connectivity index (χ2n) is 9.69. The van der Waals surface area contributed by atoms with Crippen LogP contribution in [0.5, 0.6) is 11.5 Å². The molecule has 0 aliphatic carbocycles. The third-order valence-electron chi connectivity index (χ3n) is 6.45. The minimum atomic E-state index is -3.81. The van der Waals surface area contributed by atoms with Crippen molar-refractivity contribution in [3.05, 3.63) is 53.6 Å². The highest BCUT2D eigenvalue weighted by Crippen LogP contribution is 2.35. The van der Waals surface area contributed by atoms with Crippen LogP contribution in [0.3, 0.4) is 0 Å². The van der Waals surface area contributed by atoms with Crippen molar-refractivity contribution in [3.63, 3.8) is 0 Å². The molecule has 4 rings (SSSR count). The van der Waals surface area contributed by atoms with Crippen molar-refractivity contribution in [1.82, 2.24) is 9.62 Å². The van der Waals surface area contributed by atoms with Gasteiger partial charge in [-0.05, 0) is 23.1 Å². The number of amides is 1. The zero-order valence-corrected chi connectivity index (χ0v) is 21.0. The molecule has 2 heterocycles. The molecule has 34 heavy (non-hydrogen) atoms. The number of ether oxygens (including phenoxy) is 2. The van der Waals surface area contributed by atoms with Gasteiger partial charge in [-0.2, -0.15) is 4.31 Å². The Morgan fingerprint density at radius 2 is 1.65 bits per heavy atom. The van der Waals surface area contributed by atoms with Crippen LogP contribution in [0, 0.1) is 0 Å². The van der Waals surface area contributed by atoms with Gasteiger partial charge >= 0.3 is 0 Å². The van der Waals surface area contributed by atoms with Crippen LogP contribution in [0.1, 0.15) is 44.7 Å². The Morgan fingerprint density at radius 1 is 1.00 bits per heavy atom. The zero-order valence-electron chi connectivity index (χ0n) is 20.2. The first-order valence-electron chi connectivity index (χ1n) is 11.2. The van der Waals surface area contributed by atoms with Crippen LogP contribution in [0.4, 0.5) is 0 Å². The molecule has 2 aromatic rings. The predicted molar refractivity (Wildman–Crippen MR) is 130 cm³/mol. The van der Waals surface area contributed by atoms with E-state index in [9.17, 15) is 13.2 Å². The molecule has 0 bridgehead atoms. The highest BCUT2D eigenvalue weighted by atomic mass is 32.2. The van der Waals surface area contributed by atoms with Crippen molar-refractivity contribution in [3.8, 4) is 11.5 Å². The van der Waals surface area contributed by atoms with E-state index >= 15 is 0 Å². The number of sulfonamides is 1. The Hall–Kier alpha value is -2.91. The number of benzene rings is 2. The molecule has 0 radical (unpaired) electrons. The average molecular weight is 486 g/mol. The summed E-state index contributed by atoms with van der Waals surface area (Å²) in [6.45, 7) is 6.87. The fraction of sp³-hybridized carbons (Fsp3) is 0.440. The van der Waals surface area contributed by atoms with E-state index < -0.39 is 15.7 Å². The summed E-state index contributed by atoms with van der Waals surface area (Å²) in [4.78, 5) is 17.6. The summed E-state index contributed by atoms with van der Waals surface area (Å²) < 4.78 is 38.6. The molecular formula is C25H31N3O5S. The van der Waals surface area contributed by atoms with Crippen molar-refractivity contribution in [2.75, 3.05) is 27.3 Å². The molecule has 1 fully saturated rings. The molecule has 1 spiro atoms. The highest BCUT2D eigenvalue weighted by Gasteiger charge is 2.44. The van der Waals surface area contributed by atoms with Crippen molar-refractivity contribution < 1.29 is 22.7 Å². The second-order valence-corrected chi connectivity index (χ2v) is 11.6. The van der Waals surface area contributed by atoms with Gasteiger partial charge in [0.15, 0.2) is 0 Å². The van der Waals surface area contributed by atoms with Crippen molar-refractivity contribution >= 4 is 21.6 Å². The number of nitrogens with one attached hydrogen (secondary N) is 1. The number of carbonyl (C=O) groups excluding carboxylic acids is 1. The van der Waals surface area contributed by atoms with Gasteiger partial charge in [-0.1, -0.05) is 45.0 Å². The van der Waals surface area contributed by atoms with Crippen molar-refractivity contribution in [2.45, 2.75) is 49.6 Å². The lowest BCUT2D eigenvalue weighted by molar-refractivity contribution is -0.115. The summed E-state index contributed by atoms with van der Waals surface area (Å²) >= 11 is 0. The first-order valence-corrected chi connectivity index (χ1v) is 12.7. The van der Waals surface area contributed by atoms with Gasteiger partial charge in [0.05, 0.1) is 14.2 Å². The quantitative estimate of drug-likeness (QED) is 0.702. The Morgan fingerprint density at radius 3 is 2.21 bits per heavy atom. The van der Waals surface area contributed by atoms with Gasteiger partial charge in [0.2, 0.25) is 10.0 Å². The molecular weight excluding hydrogens is 454 g/mol. The van der Waals surface area contributed by atoms with E-state index in [1.54, 1.807) is 12.1 Å². The number of carbonyl (C=O) groups is 1. The number of methoxy groups -OCH3 is 2. The largest absolute Gasteiger partial charge is 0.497 e. The summed E-state index contributed by atoms with van der Waals surface area (Å²) in [5.41, 5.74) is 1.56. The van der Waals surface area contributed by atoms with Crippen molar-refractivity contribution in [2.24, 2.45) is 4.99 Å². The van der Waals surface area contributed by atoms with Crippen LogP contribution in [0.15, 0.2) is 52.4 Å². The van der Waals surface area contributed by atoms with Crippen LogP contribution < -0.4 is 14.8 Å². The lowest BCUT2D eigenvalue weighted by Gasteiger charge is -2.36. The monoisotopic (exact) mass is 485 g/mol. The summed E-state index contributed by atoms with van der Waals surface area (Å²) in [7, 11) is -0.896. The fourth-order valence-corrected chi connectivity index (χ4v) is 5.96. The Balaban J connectivity index is 1.54. The Bertz CT molecular complexity index is 1220. The first kappa shape index (κ1) is 24.2. The molecule has 0 atom stereocenters. The molecule has 1 N–H and O–H groups in total. The maximum Gasteiger partial charge on any atom is 0.272 e. The molecule has 8 nitrogen and oxygen atoms in total. The third-order valence-corrected chi connectivity index (χ3v) is 8.37. The molecule has 9 heteroatoms. The van der Waals surface area contributed by atoms with E-state index in [1.807, 2.05) is 24.3 Å². The van der Waals surface area contributed by atoms with Gasteiger partial charge in [0.1, 0.15) is 27.8 Å². The molecule has 1 saturated heterocycles. The average Bonchev–Trinajstić information content (AvgIpc) is 3.13. The van der Waals surface area contributed by atoms with Gasteiger partial charge in [0.25, 0.3) is 5.91 Å². The van der Waals surface area contributed by atoms with E-state index in [0.717, 1.165) is 5.56 Å². The topological polar surface area (TPSA) is 97.3 Å². The normalized spacial score (nSPS) is 18.5. The number of hydrogen-bond acceptors (Lipinski definition) is 6. The zero-order chi connectivity index (χ0) is 24.7. The van der Waals surface area contributed by atoms with Crippen LogP contribution >= 0.6 is 0 Å². The molecule has 0 saturated carbocycles. The lowest BCUT2D eigenvalue weighted by Crippen LogP contribution is -2.52. The van der Waals surface area contributed by atoms with E-state index in [0.29, 0.717) is 24.3 Å². The van der Waals surface area contributed by atoms with Gasteiger partial charge in [-0.15, -0.1) is 0 Å². The molecule has 2 aliphatic heterocycles. The van der Waals surface area contributed by atoms with E-state index in [4.69, 9.17) is 14.5 Å². The summed E-state index contributed by atoms with van der Waals surface area (Å²) in [5.74, 6) is 0.464.